The van der Waals surface area contributed by atoms with Crippen molar-refractivity contribution in [1.29, 1.82) is 0 Å². The number of para-hydroxylation sites is 1. The number of nitrogen functional groups attached to an aromatic ring is 1. The molecular formula is C14H15N3O2. The summed E-state index contributed by atoms with van der Waals surface area (Å²) in [6.07, 6.45) is 3.48. The second kappa shape index (κ2) is 5.39. The number of hydrogen-bond acceptors (Lipinski definition) is 4. The Kier molecular flexibility index (Phi) is 3.66. The molecule has 0 unspecified atom stereocenters. The lowest BCUT2D eigenvalue weighted by atomic mass is 10.1. The summed E-state index contributed by atoms with van der Waals surface area (Å²) in [7, 11) is 1.87. The van der Waals surface area contributed by atoms with E-state index in [1.165, 1.54) is 6.07 Å². The fourth-order valence-corrected chi connectivity index (χ4v) is 1.92. The van der Waals surface area contributed by atoms with Crippen LogP contribution in [0.15, 0.2) is 42.7 Å². The third-order valence-corrected chi connectivity index (χ3v) is 2.87. The van der Waals surface area contributed by atoms with Gasteiger partial charge in [0.2, 0.25) is 0 Å². The molecule has 0 aliphatic rings. The van der Waals surface area contributed by atoms with Gasteiger partial charge in [-0.05, 0) is 23.8 Å². The first kappa shape index (κ1) is 12.9. The highest BCUT2D eigenvalue weighted by Crippen LogP contribution is 2.26. The van der Waals surface area contributed by atoms with Crippen molar-refractivity contribution in [3.05, 3.63) is 53.9 Å². The van der Waals surface area contributed by atoms with Gasteiger partial charge >= 0.3 is 5.97 Å². The van der Waals surface area contributed by atoms with Gasteiger partial charge in [-0.2, -0.15) is 0 Å². The molecule has 1 aromatic heterocycles. The lowest BCUT2D eigenvalue weighted by molar-refractivity contribution is 0.0698. The normalized spacial score (nSPS) is 10.2. The van der Waals surface area contributed by atoms with Crippen LogP contribution in [0.4, 0.5) is 11.4 Å². The standard InChI is InChI=1S/C14H15N3O2/c1-17(9-10-4-3-7-16-8-10)12-6-2-5-11(13(12)15)14(18)19/h2-8H,9,15H2,1H3,(H,18,19). The van der Waals surface area contributed by atoms with Gasteiger partial charge in [0.25, 0.3) is 0 Å². The predicted octanol–water partition coefficient (Wildman–Crippen LogP) is 2.00. The number of nitrogens with zero attached hydrogens (tertiary/aromatic N) is 2. The summed E-state index contributed by atoms with van der Waals surface area (Å²) in [5.41, 5.74) is 8.03. The Bertz CT molecular complexity index is 584. The summed E-state index contributed by atoms with van der Waals surface area (Å²) in [6.45, 7) is 0.612. The van der Waals surface area contributed by atoms with Crippen LogP contribution in [0, 0.1) is 0 Å². The van der Waals surface area contributed by atoms with Crippen LogP contribution in [0.3, 0.4) is 0 Å². The van der Waals surface area contributed by atoms with E-state index in [4.69, 9.17) is 10.8 Å². The first-order chi connectivity index (χ1) is 9.09. The molecule has 0 amide bonds. The van der Waals surface area contributed by atoms with Gasteiger partial charge in [0.1, 0.15) is 0 Å². The van der Waals surface area contributed by atoms with Gasteiger partial charge in [0, 0.05) is 26.0 Å². The fraction of sp³-hybridized carbons (Fsp3) is 0.143. The van der Waals surface area contributed by atoms with Crippen molar-refractivity contribution in [2.75, 3.05) is 17.7 Å². The molecule has 0 fully saturated rings. The summed E-state index contributed by atoms with van der Waals surface area (Å²) >= 11 is 0. The third kappa shape index (κ3) is 2.82. The number of aromatic carboxylic acids is 1. The second-order valence-electron chi connectivity index (χ2n) is 4.26. The van der Waals surface area contributed by atoms with E-state index < -0.39 is 5.97 Å². The van der Waals surface area contributed by atoms with Gasteiger partial charge in [-0.1, -0.05) is 12.1 Å². The van der Waals surface area contributed by atoms with Gasteiger partial charge in [-0.3, -0.25) is 4.98 Å². The highest BCUT2D eigenvalue weighted by molar-refractivity contribution is 5.97. The average molecular weight is 257 g/mol. The minimum Gasteiger partial charge on any atom is -0.478 e. The number of carboxylic acid groups (broad SMARTS) is 1. The Labute approximate surface area is 111 Å². The summed E-state index contributed by atoms with van der Waals surface area (Å²) in [5, 5.41) is 9.05. The molecule has 2 aromatic rings. The number of nitrogens with two attached hydrogens (primary N) is 1. The number of anilines is 2. The zero-order valence-corrected chi connectivity index (χ0v) is 10.6. The first-order valence-corrected chi connectivity index (χ1v) is 5.81. The van der Waals surface area contributed by atoms with Crippen molar-refractivity contribution in [2.45, 2.75) is 6.54 Å². The fourth-order valence-electron chi connectivity index (χ4n) is 1.92. The van der Waals surface area contributed by atoms with Crippen molar-refractivity contribution < 1.29 is 9.90 Å². The maximum absolute atomic E-state index is 11.0. The van der Waals surface area contributed by atoms with Crippen LogP contribution in [0.5, 0.6) is 0 Å². The third-order valence-electron chi connectivity index (χ3n) is 2.87. The van der Waals surface area contributed by atoms with E-state index in [-0.39, 0.29) is 11.3 Å². The van der Waals surface area contributed by atoms with Crippen molar-refractivity contribution >= 4 is 17.3 Å². The molecule has 5 heteroatoms. The Morgan fingerprint density at radius 2 is 2.16 bits per heavy atom. The van der Waals surface area contributed by atoms with E-state index in [9.17, 15) is 4.79 Å². The predicted molar refractivity (Wildman–Crippen MR) is 74.2 cm³/mol. The largest absolute Gasteiger partial charge is 0.478 e. The molecule has 2 rings (SSSR count). The summed E-state index contributed by atoms with van der Waals surface area (Å²) in [4.78, 5) is 17.0. The zero-order chi connectivity index (χ0) is 13.8. The van der Waals surface area contributed by atoms with Gasteiger partial charge in [0.05, 0.1) is 16.9 Å². The minimum absolute atomic E-state index is 0.121. The Hall–Kier alpha value is -2.56. The summed E-state index contributed by atoms with van der Waals surface area (Å²) in [6, 6.07) is 8.81. The molecule has 0 aliphatic heterocycles. The maximum atomic E-state index is 11.0. The van der Waals surface area contributed by atoms with E-state index in [1.807, 2.05) is 24.1 Å². The molecule has 0 saturated carbocycles. The first-order valence-electron chi connectivity index (χ1n) is 5.81. The topological polar surface area (TPSA) is 79.5 Å². The molecule has 3 N–H and O–H groups in total. The number of carbonyl (C=O) groups is 1. The Morgan fingerprint density at radius 3 is 2.79 bits per heavy atom. The van der Waals surface area contributed by atoms with Crippen LogP contribution in [0.2, 0.25) is 0 Å². The molecule has 0 aliphatic carbocycles. The highest BCUT2D eigenvalue weighted by atomic mass is 16.4. The molecule has 5 nitrogen and oxygen atoms in total. The smallest absolute Gasteiger partial charge is 0.337 e. The molecule has 0 saturated heterocycles. The summed E-state index contributed by atoms with van der Waals surface area (Å²) in [5.74, 6) is -1.02. The lowest BCUT2D eigenvalue weighted by Gasteiger charge is -2.21. The van der Waals surface area contributed by atoms with E-state index in [2.05, 4.69) is 4.98 Å². The monoisotopic (exact) mass is 257 g/mol. The SMILES string of the molecule is CN(Cc1cccnc1)c1cccc(C(=O)O)c1N. The maximum Gasteiger partial charge on any atom is 0.337 e. The van der Waals surface area contributed by atoms with Crippen molar-refractivity contribution in [1.82, 2.24) is 4.98 Å². The van der Waals surface area contributed by atoms with Crippen molar-refractivity contribution in [2.24, 2.45) is 0 Å². The van der Waals surface area contributed by atoms with Gasteiger partial charge in [-0.15, -0.1) is 0 Å². The van der Waals surface area contributed by atoms with Crippen LogP contribution in [0.25, 0.3) is 0 Å². The van der Waals surface area contributed by atoms with Crippen LogP contribution in [-0.4, -0.2) is 23.1 Å². The van der Waals surface area contributed by atoms with Crippen LogP contribution >= 0.6 is 0 Å². The molecule has 0 radical (unpaired) electrons. The van der Waals surface area contributed by atoms with Crippen LogP contribution in [-0.2, 0) is 6.54 Å². The molecule has 1 heterocycles. The van der Waals surface area contributed by atoms with E-state index in [0.717, 1.165) is 5.56 Å². The number of aromatic nitrogens is 1. The number of benzene rings is 1. The quantitative estimate of drug-likeness (QED) is 0.819. The molecular weight excluding hydrogens is 242 g/mol. The number of carboxylic acids is 1. The van der Waals surface area contributed by atoms with E-state index in [1.54, 1.807) is 24.5 Å². The molecule has 0 bridgehead atoms. The van der Waals surface area contributed by atoms with Gasteiger partial charge < -0.3 is 15.7 Å². The highest BCUT2D eigenvalue weighted by Gasteiger charge is 2.13. The van der Waals surface area contributed by atoms with Crippen LogP contribution < -0.4 is 10.6 Å². The number of pyridine rings is 1. The van der Waals surface area contributed by atoms with E-state index >= 15 is 0 Å². The van der Waals surface area contributed by atoms with Crippen molar-refractivity contribution in [3.63, 3.8) is 0 Å². The van der Waals surface area contributed by atoms with E-state index in [0.29, 0.717) is 12.2 Å². The Morgan fingerprint density at radius 1 is 1.37 bits per heavy atom. The minimum atomic E-state index is -1.02. The number of hydrogen-bond donors (Lipinski definition) is 2. The van der Waals surface area contributed by atoms with Gasteiger partial charge in [-0.25, -0.2) is 4.79 Å². The molecule has 19 heavy (non-hydrogen) atoms. The van der Waals surface area contributed by atoms with Crippen LogP contribution in [0.1, 0.15) is 15.9 Å². The average Bonchev–Trinajstić information content (AvgIpc) is 2.39. The van der Waals surface area contributed by atoms with Crippen molar-refractivity contribution in [3.8, 4) is 0 Å². The molecule has 0 atom stereocenters. The molecule has 1 aromatic carbocycles. The second-order valence-corrected chi connectivity index (χ2v) is 4.26. The van der Waals surface area contributed by atoms with Gasteiger partial charge in [0.15, 0.2) is 0 Å². The molecule has 0 spiro atoms. The lowest BCUT2D eigenvalue weighted by Crippen LogP contribution is -2.19. The summed E-state index contributed by atoms with van der Waals surface area (Å²) < 4.78 is 0. The Balaban J connectivity index is 2.27. The zero-order valence-electron chi connectivity index (χ0n) is 10.6. The molecule has 98 valence electrons. The number of rotatable bonds is 4.